The minimum absolute atomic E-state index is 0.181. The summed E-state index contributed by atoms with van der Waals surface area (Å²) in [5.41, 5.74) is 2.04. The molecule has 1 N–H and O–H groups in total. The molecule has 1 aromatic carbocycles. The Morgan fingerprint density at radius 2 is 2.11 bits per heavy atom. The van der Waals surface area contributed by atoms with Crippen molar-refractivity contribution in [2.24, 2.45) is 0 Å². The lowest BCUT2D eigenvalue weighted by Crippen LogP contribution is -2.25. The van der Waals surface area contributed by atoms with Crippen molar-refractivity contribution in [1.29, 1.82) is 0 Å². The average Bonchev–Trinajstić information content (AvgIpc) is 2.73. The molecule has 0 aliphatic heterocycles. The summed E-state index contributed by atoms with van der Waals surface area (Å²) < 4.78 is 32.0. The van der Waals surface area contributed by atoms with Crippen LogP contribution in [0.2, 0.25) is 0 Å². The number of nitrogens with one attached hydrogen (secondary N) is 1. The van der Waals surface area contributed by atoms with Gasteiger partial charge in [-0.2, -0.15) is 0 Å². The van der Waals surface area contributed by atoms with E-state index in [0.717, 1.165) is 15.6 Å². The third-order valence-corrected chi connectivity index (χ3v) is 4.63. The number of rotatable bonds is 5. The molecule has 0 bridgehead atoms. The van der Waals surface area contributed by atoms with Gasteiger partial charge in [0, 0.05) is 16.6 Å². The highest BCUT2D eigenvalue weighted by Crippen LogP contribution is 2.16. The zero-order chi connectivity index (χ0) is 13.9. The van der Waals surface area contributed by atoms with Crippen LogP contribution in [0.25, 0.3) is 0 Å². The molecule has 1 heterocycles. The first-order chi connectivity index (χ1) is 8.98. The first-order valence-electron chi connectivity index (χ1n) is 5.58. The monoisotopic (exact) mass is 344 g/mol. The Bertz CT molecular complexity index is 667. The van der Waals surface area contributed by atoms with Crippen molar-refractivity contribution in [3.8, 4) is 0 Å². The van der Waals surface area contributed by atoms with Crippen molar-refractivity contribution in [2.45, 2.75) is 19.2 Å². The summed E-state index contributed by atoms with van der Waals surface area (Å²) in [5.74, 6) is -0.181. The molecule has 2 rings (SSSR count). The Morgan fingerprint density at radius 1 is 1.37 bits per heavy atom. The van der Waals surface area contributed by atoms with Crippen molar-refractivity contribution in [2.75, 3.05) is 0 Å². The smallest absolute Gasteiger partial charge is 0.217 e. The third kappa shape index (κ3) is 3.89. The maximum atomic E-state index is 11.9. The lowest BCUT2D eigenvalue weighted by Gasteiger charge is -2.07. The van der Waals surface area contributed by atoms with Crippen LogP contribution in [0.3, 0.4) is 0 Å². The fourth-order valence-corrected chi connectivity index (χ4v) is 3.05. The number of sulfonamides is 1. The molecule has 5 nitrogen and oxygen atoms in total. The summed E-state index contributed by atoms with van der Waals surface area (Å²) >= 11 is 3.37. The van der Waals surface area contributed by atoms with Gasteiger partial charge in [0.15, 0.2) is 0 Å². The Labute approximate surface area is 120 Å². The van der Waals surface area contributed by atoms with E-state index in [9.17, 15) is 8.42 Å². The van der Waals surface area contributed by atoms with Crippen molar-refractivity contribution in [3.63, 3.8) is 0 Å². The molecule has 0 atom stereocenters. The van der Waals surface area contributed by atoms with E-state index in [1.807, 2.05) is 24.3 Å². The molecule has 19 heavy (non-hydrogen) atoms. The van der Waals surface area contributed by atoms with Gasteiger partial charge >= 0.3 is 0 Å². The Balaban J connectivity index is 2.03. The molecular formula is C12H13BrN2O3S. The van der Waals surface area contributed by atoms with Crippen LogP contribution in [0.4, 0.5) is 0 Å². The highest BCUT2D eigenvalue weighted by molar-refractivity contribution is 9.10. The predicted molar refractivity (Wildman–Crippen MR) is 74.8 cm³/mol. The average molecular weight is 345 g/mol. The summed E-state index contributed by atoms with van der Waals surface area (Å²) in [6, 6.07) is 7.45. The molecule has 0 saturated heterocycles. The summed E-state index contributed by atoms with van der Waals surface area (Å²) in [6.45, 7) is 2.00. The Hall–Kier alpha value is -1.18. The van der Waals surface area contributed by atoms with Gasteiger partial charge in [0.1, 0.15) is 17.7 Å². The molecule has 0 spiro atoms. The van der Waals surface area contributed by atoms with Gasteiger partial charge in [-0.1, -0.05) is 39.3 Å². The minimum atomic E-state index is -3.44. The second-order valence-corrected chi connectivity index (χ2v) is 6.78. The topological polar surface area (TPSA) is 72.2 Å². The van der Waals surface area contributed by atoms with Crippen molar-refractivity contribution in [1.82, 2.24) is 9.88 Å². The molecule has 0 radical (unpaired) electrons. The molecule has 1 aromatic heterocycles. The van der Waals surface area contributed by atoms with Crippen molar-refractivity contribution in [3.05, 3.63) is 51.8 Å². The van der Waals surface area contributed by atoms with Gasteiger partial charge < -0.3 is 4.52 Å². The van der Waals surface area contributed by atoms with Gasteiger partial charge in [0.2, 0.25) is 10.0 Å². The fraction of sp³-hybridized carbons (Fsp3) is 0.250. The van der Waals surface area contributed by atoms with E-state index in [0.29, 0.717) is 5.69 Å². The van der Waals surface area contributed by atoms with Crippen LogP contribution >= 0.6 is 15.9 Å². The second-order valence-electron chi connectivity index (χ2n) is 4.12. The van der Waals surface area contributed by atoms with E-state index < -0.39 is 10.0 Å². The summed E-state index contributed by atoms with van der Waals surface area (Å²) in [6.07, 6.45) is 1.43. The number of benzene rings is 1. The first-order valence-corrected chi connectivity index (χ1v) is 8.03. The van der Waals surface area contributed by atoms with Crippen LogP contribution in [-0.4, -0.2) is 13.6 Å². The van der Waals surface area contributed by atoms with E-state index in [1.54, 1.807) is 6.92 Å². The van der Waals surface area contributed by atoms with E-state index in [-0.39, 0.29) is 12.3 Å². The molecule has 0 aliphatic rings. The summed E-state index contributed by atoms with van der Waals surface area (Å²) in [5, 5.41) is 3.67. The van der Waals surface area contributed by atoms with Gasteiger partial charge in [-0.05, 0) is 18.6 Å². The zero-order valence-electron chi connectivity index (χ0n) is 10.3. The normalized spacial score (nSPS) is 11.7. The molecular weight excluding hydrogens is 332 g/mol. The largest absolute Gasteiger partial charge is 0.364 e. The lowest BCUT2D eigenvalue weighted by atomic mass is 10.2. The summed E-state index contributed by atoms with van der Waals surface area (Å²) in [4.78, 5) is 0. The van der Waals surface area contributed by atoms with Gasteiger partial charge in [0.25, 0.3) is 0 Å². The zero-order valence-corrected chi connectivity index (χ0v) is 12.7. The molecule has 0 aliphatic carbocycles. The number of nitrogens with zero attached hydrogens (tertiary/aromatic N) is 1. The van der Waals surface area contributed by atoms with Crippen LogP contribution in [0.5, 0.6) is 0 Å². The molecule has 0 saturated carbocycles. The quantitative estimate of drug-likeness (QED) is 0.903. The van der Waals surface area contributed by atoms with E-state index in [4.69, 9.17) is 4.52 Å². The van der Waals surface area contributed by atoms with Crippen molar-refractivity contribution < 1.29 is 12.9 Å². The molecule has 2 aromatic rings. The van der Waals surface area contributed by atoms with Crippen LogP contribution in [0.15, 0.2) is 39.5 Å². The van der Waals surface area contributed by atoms with Crippen molar-refractivity contribution >= 4 is 26.0 Å². The van der Waals surface area contributed by atoms with Gasteiger partial charge in [-0.15, -0.1) is 0 Å². The van der Waals surface area contributed by atoms with E-state index in [2.05, 4.69) is 25.8 Å². The third-order valence-electron chi connectivity index (χ3n) is 2.61. The molecule has 0 amide bonds. The number of aryl methyl sites for hydroxylation is 1. The molecule has 0 fully saturated rings. The fourth-order valence-electron chi connectivity index (χ4n) is 1.51. The second kappa shape index (κ2) is 5.85. The number of aromatic nitrogens is 1. The Kier molecular flexibility index (Phi) is 4.38. The highest BCUT2D eigenvalue weighted by atomic mass is 79.9. The van der Waals surface area contributed by atoms with Gasteiger partial charge in [0.05, 0.1) is 0 Å². The number of halogens is 1. The number of hydrogen-bond donors (Lipinski definition) is 1. The van der Waals surface area contributed by atoms with Crippen LogP contribution in [-0.2, 0) is 22.3 Å². The predicted octanol–water partition coefficient (Wildman–Crippen LogP) is 2.37. The van der Waals surface area contributed by atoms with Crippen LogP contribution in [0, 0.1) is 6.92 Å². The first kappa shape index (κ1) is 14.2. The SMILES string of the molecule is Cc1conc1CS(=O)(=O)NCc1ccccc1Br. The van der Waals surface area contributed by atoms with Gasteiger partial charge in [-0.25, -0.2) is 13.1 Å². The standard InChI is InChI=1S/C12H13BrN2O3S/c1-9-7-18-15-12(9)8-19(16,17)14-6-10-4-2-3-5-11(10)13/h2-5,7,14H,6,8H2,1H3. The highest BCUT2D eigenvalue weighted by Gasteiger charge is 2.16. The minimum Gasteiger partial charge on any atom is -0.364 e. The number of hydrogen-bond acceptors (Lipinski definition) is 4. The molecule has 102 valence electrons. The van der Waals surface area contributed by atoms with E-state index in [1.165, 1.54) is 6.26 Å². The van der Waals surface area contributed by atoms with Crippen LogP contribution in [0.1, 0.15) is 16.8 Å². The lowest BCUT2D eigenvalue weighted by molar-refractivity contribution is 0.413. The maximum absolute atomic E-state index is 11.9. The van der Waals surface area contributed by atoms with E-state index >= 15 is 0 Å². The molecule has 7 heteroatoms. The Morgan fingerprint density at radius 3 is 2.74 bits per heavy atom. The maximum Gasteiger partial charge on any atom is 0.217 e. The molecule has 0 unspecified atom stereocenters. The van der Waals surface area contributed by atoms with Gasteiger partial charge in [-0.3, -0.25) is 0 Å². The van der Waals surface area contributed by atoms with Crippen LogP contribution < -0.4 is 4.72 Å². The summed E-state index contributed by atoms with van der Waals surface area (Å²) in [7, 11) is -3.44.